The summed E-state index contributed by atoms with van der Waals surface area (Å²) in [6.07, 6.45) is 11.0. The monoisotopic (exact) mass is 196 g/mol. The third-order valence-corrected chi connectivity index (χ3v) is 2.30. The van der Waals surface area contributed by atoms with Gasteiger partial charge in [-0.05, 0) is 24.3 Å². The molecule has 0 aliphatic carbocycles. The number of rotatable bonds is 0. The molecule has 15 heavy (non-hydrogen) atoms. The van der Waals surface area contributed by atoms with Crippen molar-refractivity contribution < 1.29 is 4.42 Å². The van der Waals surface area contributed by atoms with Crippen LogP contribution in [-0.2, 0) is 0 Å². The Hall–Kier alpha value is -2.16. The van der Waals surface area contributed by atoms with Gasteiger partial charge in [-0.1, -0.05) is 12.2 Å². The molecule has 0 radical (unpaired) electrons. The van der Waals surface area contributed by atoms with E-state index < -0.39 is 0 Å². The topological polar surface area (TPSA) is 38.4 Å². The number of allylic oxidation sites excluding steroid dienone is 3. The molecule has 0 unspecified atom stereocenters. The lowest BCUT2D eigenvalue weighted by Crippen LogP contribution is -1.80. The van der Waals surface area contributed by atoms with Crippen LogP contribution in [0.1, 0.15) is 5.56 Å². The van der Waals surface area contributed by atoms with Crippen molar-refractivity contribution >= 4 is 29.1 Å². The molecule has 2 heterocycles. The summed E-state index contributed by atoms with van der Waals surface area (Å²) in [5.74, 6) is 0. The maximum Gasteiger partial charge on any atom is 0.182 e. The molecule has 1 aromatic carbocycles. The zero-order valence-electron chi connectivity index (χ0n) is 7.92. The zero-order valence-corrected chi connectivity index (χ0v) is 7.92. The first-order valence-corrected chi connectivity index (χ1v) is 4.69. The van der Waals surface area contributed by atoms with E-state index in [1.165, 1.54) is 6.39 Å². The summed E-state index contributed by atoms with van der Waals surface area (Å²) < 4.78 is 5.35. The lowest BCUT2D eigenvalue weighted by atomic mass is 10.1. The second kappa shape index (κ2) is 3.20. The van der Waals surface area contributed by atoms with Gasteiger partial charge in [0.2, 0.25) is 0 Å². The second-order valence-electron chi connectivity index (χ2n) is 3.22. The van der Waals surface area contributed by atoms with Gasteiger partial charge in [0.1, 0.15) is 5.52 Å². The van der Waals surface area contributed by atoms with Crippen molar-refractivity contribution in [2.45, 2.75) is 0 Å². The summed E-state index contributed by atoms with van der Waals surface area (Å²) in [6.45, 7) is 0. The van der Waals surface area contributed by atoms with Crippen LogP contribution in [0.2, 0.25) is 0 Å². The molecule has 0 spiro atoms. The van der Waals surface area contributed by atoms with E-state index in [-0.39, 0.29) is 0 Å². The average Bonchev–Trinajstić information content (AvgIpc) is 2.65. The van der Waals surface area contributed by atoms with E-state index in [9.17, 15) is 0 Å². The first-order valence-electron chi connectivity index (χ1n) is 4.69. The van der Waals surface area contributed by atoms with Crippen molar-refractivity contribution in [1.82, 2.24) is 4.98 Å². The number of oxazole rings is 1. The van der Waals surface area contributed by atoms with Crippen LogP contribution in [0.15, 0.2) is 46.2 Å². The Morgan fingerprint density at radius 2 is 2.07 bits per heavy atom. The van der Waals surface area contributed by atoms with Crippen molar-refractivity contribution in [2.75, 3.05) is 0 Å². The smallest absolute Gasteiger partial charge is 0.182 e. The lowest BCUT2D eigenvalue weighted by Gasteiger charge is -2.01. The fraction of sp³-hybridized carbons (Fsp3) is 0. The fourth-order valence-corrected chi connectivity index (χ4v) is 1.60. The van der Waals surface area contributed by atoms with Gasteiger partial charge in [-0.25, -0.2) is 4.98 Å². The van der Waals surface area contributed by atoms with E-state index in [4.69, 9.17) is 4.42 Å². The number of fused-ring (bicyclic) bond motifs is 3. The van der Waals surface area contributed by atoms with Crippen LogP contribution in [0.25, 0.3) is 17.2 Å². The van der Waals surface area contributed by atoms with Crippen LogP contribution in [0.4, 0.5) is 5.69 Å². The van der Waals surface area contributed by atoms with E-state index in [1.807, 2.05) is 36.4 Å². The van der Waals surface area contributed by atoms with Gasteiger partial charge < -0.3 is 4.42 Å². The van der Waals surface area contributed by atoms with Gasteiger partial charge in [-0.15, -0.1) is 0 Å². The van der Waals surface area contributed by atoms with Crippen molar-refractivity contribution in [2.24, 2.45) is 4.99 Å². The number of nitrogens with zero attached hydrogens (tertiary/aromatic N) is 2. The van der Waals surface area contributed by atoms with Gasteiger partial charge in [0.25, 0.3) is 0 Å². The van der Waals surface area contributed by atoms with Crippen molar-refractivity contribution in [3.05, 3.63) is 42.3 Å². The molecule has 1 aliphatic heterocycles. The minimum absolute atomic E-state index is 0.788. The summed E-state index contributed by atoms with van der Waals surface area (Å²) >= 11 is 0. The molecule has 3 heteroatoms. The second-order valence-corrected chi connectivity index (χ2v) is 3.22. The maximum atomic E-state index is 5.35. The van der Waals surface area contributed by atoms with Crippen LogP contribution in [0.3, 0.4) is 0 Å². The number of aliphatic imine (C=N–C) groups is 1. The number of benzene rings is 1. The Morgan fingerprint density at radius 3 is 3.07 bits per heavy atom. The molecule has 3 rings (SSSR count). The highest BCUT2D eigenvalue weighted by Gasteiger charge is 2.08. The summed E-state index contributed by atoms with van der Waals surface area (Å²) in [5, 5.41) is 0. The molecular formula is C12H8N2O. The maximum absolute atomic E-state index is 5.35. The molecule has 0 atom stereocenters. The molecule has 1 aromatic heterocycles. The summed E-state index contributed by atoms with van der Waals surface area (Å²) in [7, 11) is 0. The van der Waals surface area contributed by atoms with Crippen LogP contribution in [-0.4, -0.2) is 11.2 Å². The van der Waals surface area contributed by atoms with E-state index in [0.29, 0.717) is 0 Å². The molecule has 1 aliphatic rings. The van der Waals surface area contributed by atoms with Crippen LogP contribution >= 0.6 is 0 Å². The standard InChI is InChI=1S/C12H8N2O/c1-2-4-9-10(13-7-3-1)5-6-11-12(9)15-8-14-11/h1-8H. The van der Waals surface area contributed by atoms with Gasteiger partial charge in [0.15, 0.2) is 12.0 Å². The first-order chi connectivity index (χ1) is 7.45. The Balaban J connectivity index is 2.37. The molecule has 0 saturated carbocycles. The Bertz CT molecular complexity index is 591. The minimum atomic E-state index is 0.788. The SMILES string of the molecule is C1=CC=Nc2ccc3ncoc3c2C=C1. The third-order valence-electron chi connectivity index (χ3n) is 2.30. The highest BCUT2D eigenvalue weighted by atomic mass is 16.3. The number of hydrogen-bond donors (Lipinski definition) is 0. The van der Waals surface area contributed by atoms with Crippen molar-refractivity contribution in [3.63, 3.8) is 0 Å². The van der Waals surface area contributed by atoms with Gasteiger partial charge in [-0.2, -0.15) is 0 Å². The number of hydrogen-bond acceptors (Lipinski definition) is 3. The summed E-state index contributed by atoms with van der Waals surface area (Å²) in [4.78, 5) is 8.44. The molecule has 0 bridgehead atoms. The fourth-order valence-electron chi connectivity index (χ4n) is 1.60. The largest absolute Gasteiger partial charge is 0.443 e. The minimum Gasteiger partial charge on any atom is -0.443 e. The van der Waals surface area contributed by atoms with Crippen LogP contribution in [0.5, 0.6) is 0 Å². The van der Waals surface area contributed by atoms with E-state index in [2.05, 4.69) is 9.98 Å². The van der Waals surface area contributed by atoms with Crippen LogP contribution < -0.4 is 0 Å². The first kappa shape index (κ1) is 8.17. The predicted molar refractivity (Wildman–Crippen MR) is 60.3 cm³/mol. The Labute approximate surface area is 86.5 Å². The highest BCUT2D eigenvalue weighted by Crippen LogP contribution is 2.29. The summed E-state index contributed by atoms with van der Waals surface area (Å²) in [6, 6.07) is 3.86. The van der Waals surface area contributed by atoms with Gasteiger partial charge >= 0.3 is 0 Å². The van der Waals surface area contributed by atoms with Gasteiger partial charge in [0, 0.05) is 11.8 Å². The van der Waals surface area contributed by atoms with Gasteiger partial charge in [0.05, 0.1) is 5.69 Å². The average molecular weight is 196 g/mol. The van der Waals surface area contributed by atoms with Crippen molar-refractivity contribution in [1.29, 1.82) is 0 Å². The van der Waals surface area contributed by atoms with E-state index >= 15 is 0 Å². The molecule has 0 N–H and O–H groups in total. The van der Waals surface area contributed by atoms with Gasteiger partial charge in [-0.3, -0.25) is 4.99 Å². The van der Waals surface area contributed by atoms with Crippen LogP contribution in [0, 0.1) is 0 Å². The van der Waals surface area contributed by atoms with E-state index in [0.717, 1.165) is 22.4 Å². The highest BCUT2D eigenvalue weighted by molar-refractivity contribution is 5.91. The third kappa shape index (κ3) is 1.29. The molecule has 0 saturated heterocycles. The lowest BCUT2D eigenvalue weighted by molar-refractivity contribution is 0.601. The summed E-state index contributed by atoms with van der Waals surface area (Å²) in [5.41, 5.74) is 3.53. The molecule has 72 valence electrons. The molecule has 0 fully saturated rings. The molecular weight excluding hydrogens is 188 g/mol. The normalized spacial score (nSPS) is 13.9. The number of aromatic nitrogens is 1. The quantitative estimate of drug-likeness (QED) is 0.649. The molecule has 0 amide bonds. The van der Waals surface area contributed by atoms with Crippen molar-refractivity contribution in [3.8, 4) is 0 Å². The molecule has 3 nitrogen and oxygen atoms in total. The molecule has 2 aromatic rings. The zero-order chi connectivity index (χ0) is 10.1. The van der Waals surface area contributed by atoms with E-state index in [1.54, 1.807) is 6.21 Å². The Kier molecular flexibility index (Phi) is 1.75. The predicted octanol–water partition coefficient (Wildman–Crippen LogP) is 3.11. The Morgan fingerprint density at radius 1 is 1.07 bits per heavy atom.